The maximum atomic E-state index is 5.82. The van der Waals surface area contributed by atoms with Gasteiger partial charge in [-0.25, -0.2) is 4.98 Å². The van der Waals surface area contributed by atoms with Crippen molar-refractivity contribution >= 4 is 28.4 Å². The zero-order chi connectivity index (χ0) is 12.5. The van der Waals surface area contributed by atoms with E-state index in [2.05, 4.69) is 32.5 Å². The van der Waals surface area contributed by atoms with Crippen LogP contribution in [0.2, 0.25) is 0 Å². The lowest BCUT2D eigenvalue weighted by molar-refractivity contribution is -0.0647. The van der Waals surface area contributed by atoms with Gasteiger partial charge in [0.05, 0.1) is 15.7 Å². The molecular weight excluding hydrogens is 347 g/mol. The molecule has 1 aromatic heterocycles. The van der Waals surface area contributed by atoms with E-state index in [-0.39, 0.29) is 6.10 Å². The number of pyridine rings is 1. The summed E-state index contributed by atoms with van der Waals surface area (Å²) in [5, 5.41) is 0. The van der Waals surface area contributed by atoms with Crippen LogP contribution in [-0.4, -0.2) is 44.2 Å². The number of rotatable bonds is 3. The Balaban J connectivity index is 1.80. The second-order valence-corrected chi connectivity index (χ2v) is 5.66. The van der Waals surface area contributed by atoms with Gasteiger partial charge < -0.3 is 19.1 Å². The first kappa shape index (κ1) is 12.4. The van der Waals surface area contributed by atoms with Gasteiger partial charge in [-0.1, -0.05) is 0 Å². The average molecular weight is 362 g/mol. The Labute approximate surface area is 120 Å². The van der Waals surface area contributed by atoms with Crippen molar-refractivity contribution in [3.05, 3.63) is 15.8 Å². The lowest BCUT2D eigenvalue weighted by atomic mass is 10.2. The maximum absolute atomic E-state index is 5.82. The molecule has 6 heteroatoms. The van der Waals surface area contributed by atoms with Crippen molar-refractivity contribution in [2.45, 2.75) is 18.6 Å². The van der Waals surface area contributed by atoms with Crippen LogP contribution < -0.4 is 9.64 Å². The third-order valence-electron chi connectivity index (χ3n) is 3.33. The number of aromatic nitrogens is 1. The fourth-order valence-electron chi connectivity index (χ4n) is 2.51. The van der Waals surface area contributed by atoms with E-state index in [9.17, 15) is 0 Å². The molecule has 98 valence electrons. The molecule has 0 aromatic carbocycles. The van der Waals surface area contributed by atoms with E-state index in [1.54, 1.807) is 7.11 Å². The number of ether oxygens (including phenoxy) is 3. The highest BCUT2D eigenvalue weighted by Gasteiger charge is 2.38. The summed E-state index contributed by atoms with van der Waals surface area (Å²) in [5.41, 5.74) is 0. The molecule has 1 fully saturated rings. The number of methoxy groups -OCH3 is 1. The van der Waals surface area contributed by atoms with Crippen LogP contribution in [0.25, 0.3) is 0 Å². The molecule has 5 nitrogen and oxygen atoms in total. The standard InChI is InChI=1S/C12H15IN2O3/c1-16-7-18-9-4-8-6-17-11-10(13)2-3-14-12(11)15(8)5-9/h2-3,8-9H,4-7H2,1H3. The summed E-state index contributed by atoms with van der Waals surface area (Å²) < 4.78 is 17.5. The van der Waals surface area contributed by atoms with Crippen LogP contribution in [0, 0.1) is 3.57 Å². The summed E-state index contributed by atoms with van der Waals surface area (Å²) in [6, 6.07) is 2.33. The molecule has 1 aromatic rings. The molecule has 0 N–H and O–H groups in total. The number of halogens is 1. The first-order valence-electron chi connectivity index (χ1n) is 5.94. The van der Waals surface area contributed by atoms with Crippen LogP contribution in [0.3, 0.4) is 0 Å². The lowest BCUT2D eigenvalue weighted by Crippen LogP contribution is -2.39. The number of anilines is 1. The third kappa shape index (κ3) is 2.17. The van der Waals surface area contributed by atoms with Crippen molar-refractivity contribution in [2.24, 2.45) is 0 Å². The SMILES string of the molecule is COCOC1CC2COc3c(I)ccnc3N2C1. The van der Waals surface area contributed by atoms with E-state index in [1.807, 2.05) is 12.3 Å². The minimum atomic E-state index is 0.198. The predicted octanol–water partition coefficient (Wildman–Crippen LogP) is 1.65. The molecule has 3 rings (SSSR count). The van der Waals surface area contributed by atoms with Crippen LogP contribution >= 0.6 is 22.6 Å². The van der Waals surface area contributed by atoms with Gasteiger partial charge >= 0.3 is 0 Å². The minimum absolute atomic E-state index is 0.198. The van der Waals surface area contributed by atoms with E-state index in [1.165, 1.54) is 0 Å². The minimum Gasteiger partial charge on any atom is -0.486 e. The van der Waals surface area contributed by atoms with Gasteiger partial charge in [-0.05, 0) is 35.1 Å². The van der Waals surface area contributed by atoms with Crippen molar-refractivity contribution in [3.8, 4) is 5.75 Å². The van der Waals surface area contributed by atoms with E-state index >= 15 is 0 Å². The van der Waals surface area contributed by atoms with Crippen molar-refractivity contribution in [1.82, 2.24) is 4.98 Å². The van der Waals surface area contributed by atoms with Crippen LogP contribution in [0.15, 0.2) is 12.3 Å². The Morgan fingerprint density at radius 2 is 2.50 bits per heavy atom. The number of fused-ring (bicyclic) bond motifs is 3. The Morgan fingerprint density at radius 3 is 3.33 bits per heavy atom. The number of hydrogen-bond donors (Lipinski definition) is 0. The highest BCUT2D eigenvalue weighted by Crippen LogP contribution is 2.39. The molecule has 2 aliphatic rings. The Bertz CT molecular complexity index is 443. The van der Waals surface area contributed by atoms with Crippen LogP contribution in [0.4, 0.5) is 5.82 Å². The summed E-state index contributed by atoms with van der Waals surface area (Å²) in [6.45, 7) is 1.91. The zero-order valence-electron chi connectivity index (χ0n) is 10.1. The highest BCUT2D eigenvalue weighted by atomic mass is 127. The molecule has 3 heterocycles. The van der Waals surface area contributed by atoms with Crippen molar-refractivity contribution in [1.29, 1.82) is 0 Å². The van der Waals surface area contributed by atoms with E-state index in [4.69, 9.17) is 14.2 Å². The molecule has 0 amide bonds. The molecule has 0 bridgehead atoms. The topological polar surface area (TPSA) is 43.8 Å². The number of hydrogen-bond acceptors (Lipinski definition) is 5. The summed E-state index contributed by atoms with van der Waals surface area (Å²) in [4.78, 5) is 6.74. The Kier molecular flexibility index (Phi) is 3.58. The van der Waals surface area contributed by atoms with E-state index < -0.39 is 0 Å². The Hall–Kier alpha value is -0.600. The lowest BCUT2D eigenvalue weighted by Gasteiger charge is -2.32. The normalized spacial score (nSPS) is 25.6. The summed E-state index contributed by atoms with van der Waals surface area (Å²) in [6.07, 6.45) is 3.00. The summed E-state index contributed by atoms with van der Waals surface area (Å²) in [7, 11) is 1.64. The number of nitrogens with zero attached hydrogens (tertiary/aromatic N) is 2. The van der Waals surface area contributed by atoms with Gasteiger partial charge in [0.15, 0.2) is 11.6 Å². The van der Waals surface area contributed by atoms with Crippen molar-refractivity contribution in [2.75, 3.05) is 32.0 Å². The summed E-state index contributed by atoms with van der Waals surface area (Å²) in [5.74, 6) is 1.85. The van der Waals surface area contributed by atoms with Crippen LogP contribution in [-0.2, 0) is 9.47 Å². The summed E-state index contributed by atoms with van der Waals surface area (Å²) >= 11 is 2.28. The van der Waals surface area contributed by atoms with E-state index in [0.29, 0.717) is 19.4 Å². The fraction of sp³-hybridized carbons (Fsp3) is 0.583. The van der Waals surface area contributed by atoms with Gasteiger partial charge in [0, 0.05) is 19.9 Å². The first-order chi connectivity index (χ1) is 8.79. The van der Waals surface area contributed by atoms with Gasteiger partial charge in [-0.2, -0.15) is 0 Å². The molecular formula is C12H15IN2O3. The van der Waals surface area contributed by atoms with Crippen molar-refractivity contribution < 1.29 is 14.2 Å². The van der Waals surface area contributed by atoms with Gasteiger partial charge in [-0.3, -0.25) is 0 Å². The van der Waals surface area contributed by atoms with Gasteiger partial charge in [-0.15, -0.1) is 0 Å². The molecule has 0 radical (unpaired) electrons. The molecule has 0 saturated carbocycles. The average Bonchev–Trinajstić information content (AvgIpc) is 2.80. The molecule has 2 unspecified atom stereocenters. The van der Waals surface area contributed by atoms with Crippen LogP contribution in [0.1, 0.15) is 6.42 Å². The molecule has 18 heavy (non-hydrogen) atoms. The van der Waals surface area contributed by atoms with Crippen molar-refractivity contribution in [3.63, 3.8) is 0 Å². The smallest absolute Gasteiger partial charge is 0.175 e. The fourth-order valence-corrected chi connectivity index (χ4v) is 3.07. The maximum Gasteiger partial charge on any atom is 0.175 e. The van der Waals surface area contributed by atoms with Gasteiger partial charge in [0.25, 0.3) is 0 Å². The molecule has 1 saturated heterocycles. The van der Waals surface area contributed by atoms with Gasteiger partial charge in [0.2, 0.25) is 0 Å². The quantitative estimate of drug-likeness (QED) is 0.604. The molecule has 0 aliphatic carbocycles. The van der Waals surface area contributed by atoms with Gasteiger partial charge in [0.1, 0.15) is 13.4 Å². The second kappa shape index (κ2) is 5.18. The molecule has 2 aliphatic heterocycles. The first-order valence-corrected chi connectivity index (χ1v) is 7.02. The van der Waals surface area contributed by atoms with E-state index in [0.717, 1.165) is 28.1 Å². The third-order valence-corrected chi connectivity index (χ3v) is 4.18. The van der Waals surface area contributed by atoms with Crippen LogP contribution in [0.5, 0.6) is 5.75 Å². The molecule has 0 spiro atoms. The zero-order valence-corrected chi connectivity index (χ0v) is 12.3. The monoisotopic (exact) mass is 362 g/mol. The highest BCUT2D eigenvalue weighted by molar-refractivity contribution is 14.1. The largest absolute Gasteiger partial charge is 0.486 e. The second-order valence-electron chi connectivity index (χ2n) is 4.49. The Morgan fingerprint density at radius 1 is 1.61 bits per heavy atom. The predicted molar refractivity (Wildman–Crippen MR) is 74.9 cm³/mol. The molecule has 2 atom stereocenters.